The molecule has 3 rings (SSSR count). The largest absolute Gasteiger partial charge is 0.412 e. The van der Waals surface area contributed by atoms with Gasteiger partial charge in [0.05, 0.1) is 4.90 Å². The van der Waals surface area contributed by atoms with Crippen molar-refractivity contribution < 1.29 is 26.4 Å². The summed E-state index contributed by atoms with van der Waals surface area (Å²) in [5.74, 6) is -0.713. The van der Waals surface area contributed by atoms with Crippen molar-refractivity contribution in [2.75, 3.05) is 13.3 Å². The second kappa shape index (κ2) is 8.89. The lowest BCUT2D eigenvalue weighted by molar-refractivity contribution is -0.161. The molecule has 0 saturated carbocycles. The number of benzene rings is 1. The van der Waals surface area contributed by atoms with E-state index >= 15 is 0 Å². The van der Waals surface area contributed by atoms with E-state index in [2.05, 4.69) is 10.3 Å². The van der Waals surface area contributed by atoms with E-state index in [1.54, 1.807) is 0 Å². The highest BCUT2D eigenvalue weighted by Crippen LogP contribution is 2.31. The maximum Gasteiger partial charge on any atom is 0.412 e. The minimum Gasteiger partial charge on any atom is -0.366 e. The van der Waals surface area contributed by atoms with Crippen LogP contribution in [0.5, 0.6) is 0 Å². The Hall–Kier alpha value is -3.34. The Kier molecular flexibility index (Phi) is 6.55. The van der Waals surface area contributed by atoms with E-state index in [4.69, 9.17) is 0 Å². The van der Waals surface area contributed by atoms with Crippen molar-refractivity contribution in [3.05, 3.63) is 81.4 Å². The third-order valence-electron chi connectivity index (χ3n) is 5.22. The molecule has 0 aliphatic carbocycles. The molecular weight excluding hydrogens is 459 g/mol. The zero-order chi connectivity index (χ0) is 24.6. The summed E-state index contributed by atoms with van der Waals surface area (Å²) >= 11 is 0. The molecule has 1 atom stereocenters. The molecule has 0 bridgehead atoms. The lowest BCUT2D eigenvalue weighted by Gasteiger charge is -2.30. The number of H-pyrrole nitrogens is 1. The van der Waals surface area contributed by atoms with Crippen LogP contribution in [0, 0.1) is 6.92 Å². The number of carbonyl (C=O) groups excluding carboxylic acids is 1. The van der Waals surface area contributed by atoms with Crippen molar-refractivity contribution in [2.45, 2.75) is 30.6 Å². The summed E-state index contributed by atoms with van der Waals surface area (Å²) in [7, 11) is -2.07. The molecule has 2 N–H and O–H groups in total. The van der Waals surface area contributed by atoms with Crippen molar-refractivity contribution in [3.8, 4) is 0 Å². The van der Waals surface area contributed by atoms with E-state index in [1.807, 2.05) is 0 Å². The van der Waals surface area contributed by atoms with E-state index in [-0.39, 0.29) is 28.1 Å². The number of pyridine rings is 1. The molecule has 33 heavy (non-hydrogen) atoms. The van der Waals surface area contributed by atoms with Crippen LogP contribution in [0.25, 0.3) is 5.57 Å². The minimum absolute atomic E-state index is 0.0150. The lowest BCUT2D eigenvalue weighted by atomic mass is 9.97. The van der Waals surface area contributed by atoms with Crippen LogP contribution in [0.3, 0.4) is 0 Å². The number of halogens is 3. The van der Waals surface area contributed by atoms with Crippen molar-refractivity contribution >= 4 is 21.3 Å². The zero-order valence-electron chi connectivity index (χ0n) is 18.0. The van der Waals surface area contributed by atoms with Crippen molar-refractivity contribution in [1.82, 2.24) is 15.2 Å². The third kappa shape index (κ3) is 5.36. The summed E-state index contributed by atoms with van der Waals surface area (Å²) in [6.07, 6.45) is 1.33. The molecular formula is C22H22F3N3O4S. The van der Waals surface area contributed by atoms with Crippen LogP contribution in [0.4, 0.5) is 13.2 Å². The number of aryl methyl sites for hydroxylation is 1. The average Bonchev–Trinajstić information content (AvgIpc) is 2.72. The van der Waals surface area contributed by atoms with Gasteiger partial charge in [0, 0.05) is 43.5 Å². The van der Waals surface area contributed by atoms with E-state index in [1.165, 1.54) is 56.7 Å². The summed E-state index contributed by atoms with van der Waals surface area (Å²) in [4.78, 5) is 29.5. The first-order valence-corrected chi connectivity index (χ1v) is 11.7. The number of sulfone groups is 1. The molecule has 2 heterocycles. The first-order valence-electron chi connectivity index (χ1n) is 9.77. The Labute approximate surface area is 188 Å². The van der Waals surface area contributed by atoms with Crippen LogP contribution < -0.4 is 10.7 Å². The summed E-state index contributed by atoms with van der Waals surface area (Å²) in [5.41, 5.74) is 0.0411. The van der Waals surface area contributed by atoms with Crippen molar-refractivity contribution in [1.29, 1.82) is 0 Å². The van der Waals surface area contributed by atoms with E-state index in [0.29, 0.717) is 11.3 Å². The predicted molar refractivity (Wildman–Crippen MR) is 117 cm³/mol. The fourth-order valence-electron chi connectivity index (χ4n) is 3.40. The van der Waals surface area contributed by atoms with Crippen molar-refractivity contribution in [2.24, 2.45) is 0 Å². The van der Waals surface area contributed by atoms with Gasteiger partial charge in [-0.2, -0.15) is 13.2 Å². The summed E-state index contributed by atoms with van der Waals surface area (Å²) in [5, 5.41) is 2.57. The minimum atomic E-state index is -4.53. The Morgan fingerprint density at radius 2 is 1.85 bits per heavy atom. The van der Waals surface area contributed by atoms with Gasteiger partial charge in [0.1, 0.15) is 11.6 Å². The molecule has 11 heteroatoms. The fourth-order valence-corrected chi connectivity index (χ4v) is 4.03. The lowest BCUT2D eigenvalue weighted by Crippen LogP contribution is -2.40. The van der Waals surface area contributed by atoms with Crippen LogP contribution in [-0.2, 0) is 16.4 Å². The standard InChI is InChI=1S/C22H22F3N3O4S/c1-13-19(15-8-9-28(2)18(10-15)22(23,24)25)20(29)17(12-26-13)21(30)27-11-14-4-6-16(7-5-14)33(3,31)32/h4-10,12,18H,11H2,1-3H3,(H,26,29)(H,27,30). The van der Waals surface area contributed by atoms with Crippen molar-refractivity contribution in [3.63, 3.8) is 0 Å². The molecule has 1 unspecified atom stereocenters. The highest BCUT2D eigenvalue weighted by atomic mass is 32.2. The zero-order valence-corrected chi connectivity index (χ0v) is 18.8. The van der Waals surface area contributed by atoms with Crippen LogP contribution in [0.15, 0.2) is 58.5 Å². The molecule has 176 valence electrons. The van der Waals surface area contributed by atoms with Gasteiger partial charge in [0.25, 0.3) is 5.91 Å². The number of nitrogens with one attached hydrogen (secondary N) is 2. The van der Waals surface area contributed by atoms with Gasteiger partial charge in [0.15, 0.2) is 9.84 Å². The number of carbonyl (C=O) groups is 1. The number of nitrogens with zero attached hydrogens (tertiary/aromatic N) is 1. The van der Waals surface area contributed by atoms with Gasteiger partial charge in [0.2, 0.25) is 5.43 Å². The topological polar surface area (TPSA) is 99.3 Å². The number of allylic oxidation sites excluding steroid dienone is 2. The Morgan fingerprint density at radius 1 is 1.21 bits per heavy atom. The number of alkyl halides is 3. The van der Waals surface area contributed by atoms with Gasteiger partial charge >= 0.3 is 6.18 Å². The molecule has 7 nitrogen and oxygen atoms in total. The van der Waals surface area contributed by atoms with Gasteiger partial charge in [-0.15, -0.1) is 0 Å². The first-order chi connectivity index (χ1) is 15.3. The van der Waals surface area contributed by atoms with Gasteiger partial charge in [-0.05, 0) is 42.3 Å². The number of hydrogen-bond donors (Lipinski definition) is 2. The number of hydrogen-bond acceptors (Lipinski definition) is 5. The number of rotatable bonds is 5. The summed E-state index contributed by atoms with van der Waals surface area (Å²) in [6, 6.07) is 3.98. The monoisotopic (exact) mass is 481 g/mol. The van der Waals surface area contributed by atoms with E-state index < -0.39 is 33.4 Å². The highest BCUT2D eigenvalue weighted by molar-refractivity contribution is 7.90. The number of likely N-dealkylation sites (N-methyl/N-ethyl adjacent to an activating group) is 1. The smallest absolute Gasteiger partial charge is 0.366 e. The molecule has 0 fully saturated rings. The molecule has 1 aromatic carbocycles. The highest BCUT2D eigenvalue weighted by Gasteiger charge is 2.41. The Bertz CT molecular complexity index is 1290. The van der Waals surface area contributed by atoms with Crippen LogP contribution in [0.1, 0.15) is 27.2 Å². The van der Waals surface area contributed by atoms with Gasteiger partial charge in [-0.25, -0.2) is 8.42 Å². The molecule has 0 saturated heterocycles. The third-order valence-corrected chi connectivity index (χ3v) is 6.35. The van der Waals surface area contributed by atoms with Crippen LogP contribution >= 0.6 is 0 Å². The number of aromatic amines is 1. The summed E-state index contributed by atoms with van der Waals surface area (Å²) in [6.45, 7) is 1.56. The number of amides is 1. The first kappa shape index (κ1) is 24.3. The predicted octanol–water partition coefficient (Wildman–Crippen LogP) is 2.79. The maximum absolute atomic E-state index is 13.3. The molecule has 0 spiro atoms. The van der Waals surface area contributed by atoms with E-state index in [0.717, 1.165) is 17.2 Å². The molecule has 0 radical (unpaired) electrons. The molecule has 1 aromatic heterocycles. The molecule has 2 aromatic rings. The molecule has 1 amide bonds. The normalized spacial score (nSPS) is 16.5. The quantitative estimate of drug-likeness (QED) is 0.684. The Balaban J connectivity index is 1.86. The average molecular weight is 481 g/mol. The van der Waals surface area contributed by atoms with Gasteiger partial charge < -0.3 is 15.2 Å². The maximum atomic E-state index is 13.3. The molecule has 1 aliphatic heterocycles. The van der Waals surface area contributed by atoms with E-state index in [9.17, 15) is 31.2 Å². The summed E-state index contributed by atoms with van der Waals surface area (Å²) < 4.78 is 63.1. The van der Waals surface area contributed by atoms with Crippen LogP contribution in [0.2, 0.25) is 0 Å². The Morgan fingerprint density at radius 3 is 2.42 bits per heavy atom. The second-order valence-electron chi connectivity index (χ2n) is 7.72. The van der Waals surface area contributed by atoms with Crippen LogP contribution in [-0.4, -0.2) is 49.7 Å². The fraction of sp³-hybridized carbons (Fsp3) is 0.273. The van der Waals surface area contributed by atoms with Gasteiger partial charge in [-0.1, -0.05) is 12.1 Å². The molecule has 1 aliphatic rings. The number of aromatic nitrogens is 1. The van der Waals surface area contributed by atoms with Gasteiger partial charge in [-0.3, -0.25) is 9.59 Å². The SMILES string of the molecule is Cc1[nH]cc(C(=O)NCc2ccc(S(C)(=O)=O)cc2)c(=O)c1C1=CC(C(F)(F)F)N(C)C=C1. The second-order valence-corrected chi connectivity index (χ2v) is 9.74.